The van der Waals surface area contributed by atoms with Crippen LogP contribution in [0.2, 0.25) is 0 Å². The van der Waals surface area contributed by atoms with E-state index in [0.717, 1.165) is 20.4 Å². The van der Waals surface area contributed by atoms with Crippen molar-refractivity contribution in [3.8, 4) is 0 Å². The number of carbonyl (C=O) groups excluding carboxylic acids is 1. The zero-order valence-electron chi connectivity index (χ0n) is 13.1. The molecule has 0 N–H and O–H groups in total. The third kappa shape index (κ3) is 3.21. The molecule has 0 spiro atoms. The molecule has 1 aliphatic heterocycles. The van der Waals surface area contributed by atoms with Gasteiger partial charge in [-0.1, -0.05) is 26.0 Å². The second kappa shape index (κ2) is 6.27. The van der Waals surface area contributed by atoms with Gasteiger partial charge in [-0.05, 0) is 46.7 Å². The van der Waals surface area contributed by atoms with Crippen molar-refractivity contribution in [2.75, 3.05) is 0 Å². The normalized spacial score (nSPS) is 16.1. The summed E-state index contributed by atoms with van der Waals surface area (Å²) in [5.41, 5.74) is 2.95. The van der Waals surface area contributed by atoms with Crippen LogP contribution in [0.4, 0.5) is 0 Å². The number of aliphatic imine (C=N–C) groups is 1. The molecule has 0 bridgehead atoms. The Kier molecular flexibility index (Phi) is 4.34. The lowest BCUT2D eigenvalue weighted by Gasteiger charge is -2.01. The minimum atomic E-state index is -0.432. The van der Waals surface area contributed by atoms with Gasteiger partial charge in [0, 0.05) is 22.4 Å². The van der Waals surface area contributed by atoms with Crippen molar-refractivity contribution < 1.29 is 9.53 Å². The number of hydrogen-bond acceptors (Lipinski definition) is 4. The summed E-state index contributed by atoms with van der Waals surface area (Å²) in [4.78, 5) is 16.5. The molecular formula is C17H16IN3O2. The Bertz CT molecular complexity index is 834. The highest BCUT2D eigenvalue weighted by Gasteiger charge is 2.26. The Morgan fingerprint density at radius 1 is 1.30 bits per heavy atom. The smallest absolute Gasteiger partial charge is 0.363 e. The first-order valence-electron chi connectivity index (χ1n) is 7.26. The molecule has 0 saturated heterocycles. The van der Waals surface area contributed by atoms with Crippen LogP contribution in [0, 0.1) is 3.57 Å². The maximum absolute atomic E-state index is 12.1. The van der Waals surface area contributed by atoms with E-state index in [2.05, 4.69) is 46.5 Å². The van der Waals surface area contributed by atoms with Crippen molar-refractivity contribution >= 4 is 40.5 Å². The molecule has 2 aromatic rings. The molecule has 6 heteroatoms. The van der Waals surface area contributed by atoms with E-state index in [9.17, 15) is 4.79 Å². The summed E-state index contributed by atoms with van der Waals surface area (Å²) < 4.78 is 8.06. The zero-order valence-corrected chi connectivity index (χ0v) is 15.2. The van der Waals surface area contributed by atoms with E-state index in [1.165, 1.54) is 0 Å². The van der Waals surface area contributed by atoms with Crippen LogP contribution in [0.1, 0.15) is 36.6 Å². The summed E-state index contributed by atoms with van der Waals surface area (Å²) in [6.07, 6.45) is 3.63. The molecule has 0 saturated carbocycles. The molecule has 23 heavy (non-hydrogen) atoms. The van der Waals surface area contributed by atoms with Gasteiger partial charge < -0.3 is 4.74 Å². The van der Waals surface area contributed by atoms with Gasteiger partial charge in [0.25, 0.3) is 0 Å². The number of aromatic nitrogens is 2. The second-order valence-electron chi connectivity index (χ2n) is 5.61. The molecule has 0 unspecified atom stereocenters. The predicted molar refractivity (Wildman–Crippen MR) is 97.1 cm³/mol. The highest BCUT2D eigenvalue weighted by molar-refractivity contribution is 14.1. The van der Waals surface area contributed by atoms with E-state index in [1.54, 1.807) is 10.8 Å². The van der Waals surface area contributed by atoms with Gasteiger partial charge in [-0.15, -0.1) is 0 Å². The van der Waals surface area contributed by atoms with Crippen LogP contribution in [0.5, 0.6) is 0 Å². The van der Waals surface area contributed by atoms with E-state index in [1.807, 2.05) is 37.5 Å². The molecule has 1 aromatic heterocycles. The fourth-order valence-electron chi connectivity index (χ4n) is 2.39. The number of rotatable bonds is 3. The number of halogens is 1. The maximum Gasteiger partial charge on any atom is 0.363 e. The molecule has 1 aromatic carbocycles. The molecule has 0 atom stereocenters. The van der Waals surface area contributed by atoms with E-state index in [4.69, 9.17) is 4.74 Å². The van der Waals surface area contributed by atoms with E-state index in [-0.39, 0.29) is 5.92 Å². The van der Waals surface area contributed by atoms with Gasteiger partial charge in [0.1, 0.15) is 0 Å². The van der Waals surface area contributed by atoms with Gasteiger partial charge >= 0.3 is 5.97 Å². The average Bonchev–Trinajstić information content (AvgIpc) is 3.03. The largest absolute Gasteiger partial charge is 0.402 e. The Labute approximate surface area is 148 Å². The highest BCUT2D eigenvalue weighted by atomic mass is 127. The summed E-state index contributed by atoms with van der Waals surface area (Å²) in [6.45, 7) is 4.14. The van der Waals surface area contributed by atoms with Crippen LogP contribution in [0.15, 0.2) is 41.2 Å². The van der Waals surface area contributed by atoms with Crippen molar-refractivity contribution in [3.05, 3.63) is 56.6 Å². The number of nitrogens with zero attached hydrogens (tertiary/aromatic N) is 3. The van der Waals surface area contributed by atoms with E-state index in [0.29, 0.717) is 11.6 Å². The first-order chi connectivity index (χ1) is 11.0. The van der Waals surface area contributed by atoms with Crippen molar-refractivity contribution in [3.63, 3.8) is 0 Å². The van der Waals surface area contributed by atoms with Crippen LogP contribution >= 0.6 is 22.6 Å². The zero-order chi connectivity index (χ0) is 16.6. The van der Waals surface area contributed by atoms with Crippen molar-refractivity contribution in [1.82, 2.24) is 9.78 Å². The Hall–Kier alpha value is -1.96. The minimum absolute atomic E-state index is 0.263. The summed E-state index contributed by atoms with van der Waals surface area (Å²) in [5, 5.41) is 4.44. The monoisotopic (exact) mass is 421 g/mol. The molecular weight excluding hydrogens is 405 g/mol. The third-order valence-electron chi connectivity index (χ3n) is 3.45. The molecule has 2 heterocycles. The van der Waals surface area contributed by atoms with Crippen LogP contribution < -0.4 is 0 Å². The van der Waals surface area contributed by atoms with E-state index < -0.39 is 5.97 Å². The van der Waals surface area contributed by atoms with Gasteiger partial charge in [0.05, 0.1) is 11.3 Å². The molecule has 0 aliphatic carbocycles. The van der Waals surface area contributed by atoms with E-state index >= 15 is 0 Å². The van der Waals surface area contributed by atoms with Crippen LogP contribution in [0.3, 0.4) is 0 Å². The van der Waals surface area contributed by atoms with Crippen LogP contribution in [0.25, 0.3) is 6.08 Å². The SMILES string of the molecule is CC(C)c1nn(C)cc1/C=C1\N=C(c2ccccc2I)OC1=O. The summed E-state index contributed by atoms with van der Waals surface area (Å²) in [6, 6.07) is 7.67. The number of aryl methyl sites for hydroxylation is 1. The number of carbonyl (C=O) groups is 1. The van der Waals surface area contributed by atoms with Gasteiger partial charge in [-0.2, -0.15) is 5.10 Å². The number of ether oxygens (including phenoxy) is 1. The van der Waals surface area contributed by atoms with Crippen LogP contribution in [-0.4, -0.2) is 21.6 Å². The summed E-state index contributed by atoms with van der Waals surface area (Å²) in [5.74, 6) is 0.179. The summed E-state index contributed by atoms with van der Waals surface area (Å²) >= 11 is 2.20. The molecule has 1 aliphatic rings. The number of hydrogen-bond donors (Lipinski definition) is 0. The number of esters is 1. The first kappa shape index (κ1) is 15.9. The van der Waals surface area contributed by atoms with Gasteiger partial charge in [-0.25, -0.2) is 9.79 Å². The molecule has 0 amide bonds. The quantitative estimate of drug-likeness (QED) is 0.433. The standard InChI is InChI=1S/C17H16IN3O2/c1-10(2)15-11(9-21(3)20-15)8-14-17(22)23-16(19-14)12-6-4-5-7-13(12)18/h4-10H,1-3H3/b14-8-. The Morgan fingerprint density at radius 2 is 2.04 bits per heavy atom. The lowest BCUT2D eigenvalue weighted by Crippen LogP contribution is -2.06. The topological polar surface area (TPSA) is 56.5 Å². The number of cyclic esters (lactones) is 1. The van der Waals surface area contributed by atoms with Gasteiger partial charge in [-0.3, -0.25) is 4.68 Å². The Morgan fingerprint density at radius 3 is 2.74 bits per heavy atom. The maximum atomic E-state index is 12.1. The lowest BCUT2D eigenvalue weighted by molar-refractivity contribution is -0.129. The average molecular weight is 421 g/mol. The fourth-order valence-corrected chi connectivity index (χ4v) is 3.01. The van der Waals surface area contributed by atoms with Crippen molar-refractivity contribution in [2.45, 2.75) is 19.8 Å². The van der Waals surface area contributed by atoms with Crippen molar-refractivity contribution in [1.29, 1.82) is 0 Å². The third-order valence-corrected chi connectivity index (χ3v) is 4.39. The molecule has 0 radical (unpaired) electrons. The molecule has 3 rings (SSSR count). The first-order valence-corrected chi connectivity index (χ1v) is 8.34. The predicted octanol–water partition coefficient (Wildman–Crippen LogP) is 3.49. The molecule has 0 fully saturated rings. The number of benzene rings is 1. The molecule has 118 valence electrons. The van der Waals surface area contributed by atoms with Crippen molar-refractivity contribution in [2.24, 2.45) is 12.0 Å². The lowest BCUT2D eigenvalue weighted by atomic mass is 10.1. The molecule has 5 nitrogen and oxygen atoms in total. The highest BCUT2D eigenvalue weighted by Crippen LogP contribution is 2.24. The van der Waals surface area contributed by atoms with Crippen LogP contribution in [-0.2, 0) is 16.6 Å². The van der Waals surface area contributed by atoms with Gasteiger partial charge in [0.2, 0.25) is 5.90 Å². The fraction of sp³-hybridized carbons (Fsp3) is 0.235. The second-order valence-corrected chi connectivity index (χ2v) is 6.78. The van der Waals surface area contributed by atoms with Gasteiger partial charge in [0.15, 0.2) is 5.70 Å². The minimum Gasteiger partial charge on any atom is -0.402 e. The summed E-state index contributed by atoms with van der Waals surface area (Å²) in [7, 11) is 1.86. The Balaban J connectivity index is 2.01.